The van der Waals surface area contributed by atoms with E-state index < -0.39 is 4.92 Å². The second kappa shape index (κ2) is 6.15. The Morgan fingerprint density at radius 1 is 1.30 bits per heavy atom. The highest BCUT2D eigenvalue weighted by atomic mass is 35.5. The second-order valence-electron chi connectivity index (χ2n) is 4.34. The van der Waals surface area contributed by atoms with Gasteiger partial charge in [-0.05, 0) is 42.8 Å². The van der Waals surface area contributed by atoms with Crippen LogP contribution in [0.1, 0.15) is 11.1 Å². The summed E-state index contributed by atoms with van der Waals surface area (Å²) in [6.45, 7) is 1.93. The first-order valence-corrected chi connectivity index (χ1v) is 7.25. The first kappa shape index (κ1) is 14.7. The monoisotopic (exact) mass is 308 g/mol. The van der Waals surface area contributed by atoms with Gasteiger partial charge in [-0.15, -0.1) is 11.8 Å². The molecule has 0 saturated carbocycles. The van der Waals surface area contributed by atoms with Gasteiger partial charge < -0.3 is 5.73 Å². The number of nitro groups is 1. The Bertz CT molecular complexity index is 662. The fraction of sp³-hybridized carbons (Fsp3) is 0.143. The van der Waals surface area contributed by atoms with Gasteiger partial charge in [0.05, 0.1) is 4.92 Å². The molecule has 4 nitrogen and oxygen atoms in total. The zero-order chi connectivity index (χ0) is 14.7. The maximum Gasteiger partial charge on any atom is 0.274 e. The molecule has 20 heavy (non-hydrogen) atoms. The van der Waals surface area contributed by atoms with E-state index in [-0.39, 0.29) is 5.69 Å². The quantitative estimate of drug-likeness (QED) is 0.392. The highest BCUT2D eigenvalue weighted by molar-refractivity contribution is 7.98. The molecular weight excluding hydrogens is 296 g/mol. The maximum absolute atomic E-state index is 11.0. The molecule has 104 valence electrons. The molecule has 0 fully saturated rings. The summed E-state index contributed by atoms with van der Waals surface area (Å²) in [5.41, 5.74) is 8.21. The summed E-state index contributed by atoms with van der Waals surface area (Å²) >= 11 is 7.32. The number of hydrogen-bond donors (Lipinski definition) is 1. The van der Waals surface area contributed by atoms with Crippen LogP contribution in [-0.4, -0.2) is 4.92 Å². The predicted octanol–water partition coefficient (Wildman–Crippen LogP) is 4.43. The van der Waals surface area contributed by atoms with Crippen LogP contribution in [-0.2, 0) is 5.75 Å². The van der Waals surface area contributed by atoms with Crippen molar-refractivity contribution in [1.82, 2.24) is 0 Å². The average Bonchev–Trinajstić information content (AvgIpc) is 2.41. The zero-order valence-electron chi connectivity index (χ0n) is 10.8. The van der Waals surface area contributed by atoms with Crippen molar-refractivity contribution >= 4 is 34.7 Å². The number of nitrogen functional groups attached to an aromatic ring is 1. The van der Waals surface area contributed by atoms with Crippen molar-refractivity contribution in [3.63, 3.8) is 0 Å². The van der Waals surface area contributed by atoms with Gasteiger partial charge in [-0.1, -0.05) is 11.6 Å². The molecule has 0 heterocycles. The number of nitrogens with zero attached hydrogens (tertiary/aromatic N) is 1. The molecule has 2 N–H and O–H groups in total. The molecule has 0 unspecified atom stereocenters. The minimum absolute atomic E-state index is 0.0529. The van der Waals surface area contributed by atoms with E-state index >= 15 is 0 Å². The minimum Gasteiger partial charge on any atom is -0.399 e. The molecule has 0 spiro atoms. The van der Waals surface area contributed by atoms with Gasteiger partial charge in [0, 0.05) is 33.0 Å². The van der Waals surface area contributed by atoms with Crippen molar-refractivity contribution in [3.05, 3.63) is 62.7 Å². The lowest BCUT2D eigenvalue weighted by Gasteiger charge is -2.06. The standard InChI is InChI=1S/C14H13ClN2O2S/c1-9-6-12(4-5-13(9)16)20-8-10-2-3-11(15)7-14(10)17(18)19/h2-7H,8,16H2,1H3. The number of nitrogens with two attached hydrogens (primary N) is 1. The van der Waals surface area contributed by atoms with Gasteiger partial charge in [-0.2, -0.15) is 0 Å². The van der Waals surface area contributed by atoms with Crippen LogP contribution >= 0.6 is 23.4 Å². The topological polar surface area (TPSA) is 69.2 Å². The van der Waals surface area contributed by atoms with Gasteiger partial charge in [-0.3, -0.25) is 10.1 Å². The molecule has 0 radical (unpaired) electrons. The van der Waals surface area contributed by atoms with Crippen LogP contribution < -0.4 is 5.73 Å². The SMILES string of the molecule is Cc1cc(SCc2ccc(Cl)cc2[N+](=O)[O-])ccc1N. The Morgan fingerprint density at radius 2 is 2.05 bits per heavy atom. The molecule has 0 amide bonds. The van der Waals surface area contributed by atoms with Crippen LogP contribution in [0.4, 0.5) is 11.4 Å². The zero-order valence-corrected chi connectivity index (χ0v) is 12.4. The number of nitro benzene ring substituents is 1. The summed E-state index contributed by atoms with van der Waals surface area (Å²) in [6, 6.07) is 10.5. The highest BCUT2D eigenvalue weighted by Crippen LogP contribution is 2.31. The molecule has 0 aliphatic carbocycles. The van der Waals surface area contributed by atoms with E-state index in [1.165, 1.54) is 17.8 Å². The third-order valence-electron chi connectivity index (χ3n) is 2.88. The number of hydrogen-bond acceptors (Lipinski definition) is 4. The Hall–Kier alpha value is -1.72. The summed E-state index contributed by atoms with van der Waals surface area (Å²) < 4.78 is 0. The molecule has 2 aromatic carbocycles. The lowest BCUT2D eigenvalue weighted by atomic mass is 10.2. The molecule has 0 aliphatic rings. The molecule has 6 heteroatoms. The number of aryl methyl sites for hydroxylation is 1. The smallest absolute Gasteiger partial charge is 0.274 e. The summed E-state index contributed by atoms with van der Waals surface area (Å²) in [7, 11) is 0. The molecule has 0 atom stereocenters. The van der Waals surface area contributed by atoms with Crippen molar-refractivity contribution in [2.45, 2.75) is 17.6 Å². The number of rotatable bonds is 4. The van der Waals surface area contributed by atoms with Gasteiger partial charge in [0.2, 0.25) is 0 Å². The predicted molar refractivity (Wildman–Crippen MR) is 83.3 cm³/mol. The molecule has 2 rings (SSSR count). The van der Waals surface area contributed by atoms with E-state index in [1.807, 2.05) is 25.1 Å². The summed E-state index contributed by atoms with van der Waals surface area (Å²) in [6.07, 6.45) is 0. The van der Waals surface area contributed by atoms with Crippen LogP contribution in [0.2, 0.25) is 5.02 Å². The van der Waals surface area contributed by atoms with Gasteiger partial charge >= 0.3 is 0 Å². The van der Waals surface area contributed by atoms with E-state index in [9.17, 15) is 10.1 Å². The van der Waals surface area contributed by atoms with Crippen molar-refractivity contribution < 1.29 is 4.92 Å². The lowest BCUT2D eigenvalue weighted by Crippen LogP contribution is -1.94. The third-order valence-corrected chi connectivity index (χ3v) is 4.16. The Morgan fingerprint density at radius 3 is 2.70 bits per heavy atom. The normalized spacial score (nSPS) is 10.5. The van der Waals surface area contributed by atoms with E-state index in [0.717, 1.165) is 16.1 Å². The first-order valence-electron chi connectivity index (χ1n) is 5.89. The van der Waals surface area contributed by atoms with Gasteiger partial charge in [0.1, 0.15) is 0 Å². The lowest BCUT2D eigenvalue weighted by molar-refractivity contribution is -0.385. The third kappa shape index (κ3) is 3.43. The van der Waals surface area contributed by atoms with E-state index in [2.05, 4.69) is 0 Å². The van der Waals surface area contributed by atoms with Crippen molar-refractivity contribution in [1.29, 1.82) is 0 Å². The highest BCUT2D eigenvalue weighted by Gasteiger charge is 2.14. The Labute approximate surface area is 126 Å². The fourth-order valence-corrected chi connectivity index (χ4v) is 2.89. The molecule has 0 aliphatic heterocycles. The van der Waals surface area contributed by atoms with Gasteiger partial charge in [-0.25, -0.2) is 0 Å². The van der Waals surface area contributed by atoms with Crippen molar-refractivity contribution in [2.24, 2.45) is 0 Å². The molecule has 2 aromatic rings. The fourth-order valence-electron chi connectivity index (χ4n) is 1.73. The van der Waals surface area contributed by atoms with E-state index in [0.29, 0.717) is 16.3 Å². The minimum atomic E-state index is -0.407. The van der Waals surface area contributed by atoms with Crippen LogP contribution in [0.5, 0.6) is 0 Å². The molecule has 0 bridgehead atoms. The summed E-state index contributed by atoms with van der Waals surface area (Å²) in [4.78, 5) is 11.6. The molecular formula is C14H13ClN2O2S. The Balaban J connectivity index is 2.18. The van der Waals surface area contributed by atoms with Crippen LogP contribution in [0.3, 0.4) is 0 Å². The Kier molecular flexibility index (Phi) is 4.52. The molecule has 0 saturated heterocycles. The molecule has 0 aromatic heterocycles. The number of anilines is 1. The number of thioether (sulfide) groups is 1. The van der Waals surface area contributed by atoms with E-state index in [1.54, 1.807) is 12.1 Å². The van der Waals surface area contributed by atoms with Crippen LogP contribution in [0.25, 0.3) is 0 Å². The van der Waals surface area contributed by atoms with Gasteiger partial charge in [0.15, 0.2) is 0 Å². The van der Waals surface area contributed by atoms with Crippen molar-refractivity contribution in [3.8, 4) is 0 Å². The van der Waals surface area contributed by atoms with Crippen LogP contribution in [0.15, 0.2) is 41.3 Å². The average molecular weight is 309 g/mol. The number of benzene rings is 2. The van der Waals surface area contributed by atoms with Crippen molar-refractivity contribution in [2.75, 3.05) is 5.73 Å². The summed E-state index contributed by atoms with van der Waals surface area (Å²) in [5, 5.41) is 11.4. The number of halogens is 1. The van der Waals surface area contributed by atoms with E-state index in [4.69, 9.17) is 17.3 Å². The first-order chi connectivity index (χ1) is 9.47. The second-order valence-corrected chi connectivity index (χ2v) is 5.82. The van der Waals surface area contributed by atoms with Gasteiger partial charge in [0.25, 0.3) is 5.69 Å². The van der Waals surface area contributed by atoms with Crippen LogP contribution in [0, 0.1) is 17.0 Å². The summed E-state index contributed by atoms with van der Waals surface area (Å²) in [5.74, 6) is 0.511. The maximum atomic E-state index is 11.0. The largest absolute Gasteiger partial charge is 0.399 e.